The van der Waals surface area contributed by atoms with Gasteiger partial charge in [-0.1, -0.05) is 74.0 Å². The minimum Gasteiger partial charge on any atom is -0.356 e. The fourth-order valence-corrected chi connectivity index (χ4v) is 4.37. The first-order valence-electron chi connectivity index (χ1n) is 11.7. The second-order valence-electron chi connectivity index (χ2n) is 8.53. The maximum atomic E-state index is 12.9. The summed E-state index contributed by atoms with van der Waals surface area (Å²) in [6.45, 7) is 3.38. The average molecular weight is 456 g/mol. The first-order chi connectivity index (χ1) is 16.6. The molecule has 6 nitrogen and oxygen atoms in total. The van der Waals surface area contributed by atoms with Gasteiger partial charge in [0.1, 0.15) is 0 Å². The zero-order valence-electron chi connectivity index (χ0n) is 19.3. The van der Waals surface area contributed by atoms with Gasteiger partial charge in [-0.05, 0) is 29.2 Å². The Morgan fingerprint density at radius 1 is 1.03 bits per heavy atom. The first-order valence-corrected chi connectivity index (χ1v) is 11.7. The van der Waals surface area contributed by atoms with Crippen LogP contribution in [0.2, 0.25) is 0 Å². The highest BCUT2D eigenvalue weighted by Crippen LogP contribution is 2.36. The Morgan fingerprint density at radius 2 is 1.74 bits per heavy atom. The van der Waals surface area contributed by atoms with Crippen LogP contribution in [0.3, 0.4) is 0 Å². The molecular weight excluding hydrogens is 426 g/mol. The summed E-state index contributed by atoms with van der Waals surface area (Å²) in [5, 5.41) is 15.4. The summed E-state index contributed by atoms with van der Waals surface area (Å²) >= 11 is 0. The van der Waals surface area contributed by atoms with E-state index in [1.165, 1.54) is 0 Å². The number of rotatable bonds is 10. The van der Waals surface area contributed by atoms with Crippen LogP contribution in [0.25, 0.3) is 10.9 Å². The molecule has 1 unspecified atom stereocenters. The molecular formula is C28H29N3O3. The van der Waals surface area contributed by atoms with Crippen molar-refractivity contribution in [1.29, 1.82) is 0 Å². The van der Waals surface area contributed by atoms with Gasteiger partial charge < -0.3 is 9.88 Å². The van der Waals surface area contributed by atoms with Crippen molar-refractivity contribution in [3.8, 4) is 0 Å². The Bertz CT molecular complexity index is 1270. The lowest BCUT2D eigenvalue weighted by Crippen LogP contribution is -2.26. The molecule has 4 aromatic rings. The molecule has 0 spiro atoms. The normalized spacial score (nSPS) is 11.9. The molecule has 1 atom stereocenters. The molecule has 1 N–H and O–H groups in total. The molecule has 1 amide bonds. The second-order valence-corrected chi connectivity index (χ2v) is 8.53. The lowest BCUT2D eigenvalue weighted by atomic mass is 9.88. The number of carbonyl (C=O) groups excluding carboxylic acids is 1. The maximum absolute atomic E-state index is 12.9. The SMILES string of the molecule is CCCCNC(=O)CC(c1ccccc1)c1cn(Cc2ccccc2)c2ccc([N+](=O)[O-])cc12. The van der Waals surface area contributed by atoms with Crippen molar-refractivity contribution in [3.63, 3.8) is 0 Å². The number of hydrogen-bond donors (Lipinski definition) is 1. The number of nitro groups is 1. The highest BCUT2D eigenvalue weighted by Gasteiger charge is 2.24. The summed E-state index contributed by atoms with van der Waals surface area (Å²) in [4.78, 5) is 24.0. The van der Waals surface area contributed by atoms with E-state index in [0.29, 0.717) is 13.1 Å². The molecule has 0 saturated heterocycles. The van der Waals surface area contributed by atoms with Crippen LogP contribution in [0.1, 0.15) is 48.8 Å². The van der Waals surface area contributed by atoms with Crippen LogP contribution < -0.4 is 5.32 Å². The molecule has 6 heteroatoms. The zero-order chi connectivity index (χ0) is 23.9. The molecule has 34 heavy (non-hydrogen) atoms. The molecule has 3 aromatic carbocycles. The lowest BCUT2D eigenvalue weighted by Gasteiger charge is -2.17. The number of amides is 1. The number of fused-ring (bicyclic) bond motifs is 1. The van der Waals surface area contributed by atoms with Crippen LogP contribution in [0.15, 0.2) is 85.1 Å². The lowest BCUT2D eigenvalue weighted by molar-refractivity contribution is -0.384. The smallest absolute Gasteiger partial charge is 0.270 e. The monoisotopic (exact) mass is 455 g/mol. The largest absolute Gasteiger partial charge is 0.356 e. The van der Waals surface area contributed by atoms with Crippen molar-refractivity contribution < 1.29 is 9.72 Å². The Balaban J connectivity index is 1.80. The second kappa shape index (κ2) is 10.8. The summed E-state index contributed by atoms with van der Waals surface area (Å²) in [5.41, 5.74) is 4.03. The van der Waals surface area contributed by atoms with E-state index in [2.05, 4.69) is 35.1 Å². The molecule has 1 heterocycles. The van der Waals surface area contributed by atoms with Crippen LogP contribution >= 0.6 is 0 Å². The van der Waals surface area contributed by atoms with Gasteiger partial charge in [-0.15, -0.1) is 0 Å². The van der Waals surface area contributed by atoms with E-state index < -0.39 is 0 Å². The highest BCUT2D eigenvalue weighted by atomic mass is 16.6. The summed E-state index contributed by atoms with van der Waals surface area (Å²) in [5.74, 6) is -0.235. The van der Waals surface area contributed by atoms with Gasteiger partial charge >= 0.3 is 0 Å². The van der Waals surface area contributed by atoms with Gasteiger partial charge in [0, 0.05) is 54.7 Å². The van der Waals surface area contributed by atoms with Crippen molar-refractivity contribution >= 4 is 22.5 Å². The molecule has 1 aromatic heterocycles. The third-order valence-corrected chi connectivity index (χ3v) is 6.12. The third kappa shape index (κ3) is 5.34. The Morgan fingerprint density at radius 3 is 2.41 bits per heavy atom. The third-order valence-electron chi connectivity index (χ3n) is 6.12. The number of nitrogens with one attached hydrogen (secondary N) is 1. The predicted molar refractivity (Wildman–Crippen MR) is 135 cm³/mol. The Kier molecular flexibility index (Phi) is 7.38. The highest BCUT2D eigenvalue weighted by molar-refractivity contribution is 5.88. The summed E-state index contributed by atoms with van der Waals surface area (Å²) in [6, 6.07) is 25.0. The summed E-state index contributed by atoms with van der Waals surface area (Å²) in [6.07, 6.45) is 4.28. The first kappa shape index (κ1) is 23.2. The number of nitrogens with zero attached hydrogens (tertiary/aromatic N) is 2. The molecule has 174 valence electrons. The van der Waals surface area contributed by atoms with E-state index in [1.54, 1.807) is 12.1 Å². The summed E-state index contributed by atoms with van der Waals surface area (Å²) in [7, 11) is 0. The van der Waals surface area contributed by atoms with E-state index in [-0.39, 0.29) is 28.9 Å². The Labute approximate surface area is 199 Å². The topological polar surface area (TPSA) is 77.2 Å². The molecule has 0 bridgehead atoms. The molecule has 0 fully saturated rings. The minimum absolute atomic E-state index is 0.0170. The van der Waals surface area contributed by atoms with E-state index in [1.807, 2.05) is 54.6 Å². The quantitative estimate of drug-likeness (QED) is 0.180. The van der Waals surface area contributed by atoms with Gasteiger partial charge in [0.15, 0.2) is 0 Å². The van der Waals surface area contributed by atoms with Crippen molar-refractivity contribution in [2.45, 2.75) is 38.6 Å². The van der Waals surface area contributed by atoms with Crippen LogP contribution in [0, 0.1) is 10.1 Å². The fraction of sp³-hybridized carbons (Fsp3) is 0.250. The molecule has 0 saturated carbocycles. The standard InChI is InChI=1S/C28H29N3O3/c1-2-3-16-29-28(32)18-24(22-12-8-5-9-13-22)26-20-30(19-21-10-6-4-7-11-21)27-15-14-23(31(33)34)17-25(26)27/h4-15,17,20,24H,2-3,16,18-19H2,1H3,(H,29,32). The van der Waals surface area contributed by atoms with Crippen LogP contribution in [0.5, 0.6) is 0 Å². The van der Waals surface area contributed by atoms with Crippen LogP contribution in [-0.4, -0.2) is 21.9 Å². The molecule has 0 aliphatic rings. The maximum Gasteiger partial charge on any atom is 0.270 e. The number of carbonyl (C=O) groups is 1. The predicted octanol–water partition coefficient (Wildman–Crippen LogP) is 6.04. The van der Waals surface area contributed by atoms with Gasteiger partial charge in [0.2, 0.25) is 5.91 Å². The number of nitro benzene ring substituents is 1. The van der Waals surface area contributed by atoms with Gasteiger partial charge in [0.25, 0.3) is 5.69 Å². The summed E-state index contributed by atoms with van der Waals surface area (Å²) < 4.78 is 2.12. The molecule has 4 rings (SSSR count). The number of hydrogen-bond acceptors (Lipinski definition) is 3. The van der Waals surface area contributed by atoms with Crippen LogP contribution in [0.4, 0.5) is 5.69 Å². The molecule has 0 radical (unpaired) electrons. The Hall–Kier alpha value is -3.93. The van der Waals surface area contributed by atoms with Gasteiger partial charge in [-0.3, -0.25) is 14.9 Å². The number of benzene rings is 3. The average Bonchev–Trinajstić information content (AvgIpc) is 3.21. The van der Waals surface area contributed by atoms with E-state index in [4.69, 9.17) is 0 Å². The van der Waals surface area contributed by atoms with Crippen molar-refractivity contribution in [1.82, 2.24) is 9.88 Å². The number of aromatic nitrogens is 1. The van der Waals surface area contributed by atoms with E-state index >= 15 is 0 Å². The van der Waals surface area contributed by atoms with Crippen molar-refractivity contribution in [3.05, 3.63) is 112 Å². The van der Waals surface area contributed by atoms with Crippen molar-refractivity contribution in [2.75, 3.05) is 6.54 Å². The minimum atomic E-state index is -0.368. The van der Waals surface area contributed by atoms with Gasteiger partial charge in [-0.2, -0.15) is 0 Å². The van der Waals surface area contributed by atoms with E-state index in [0.717, 1.165) is 40.4 Å². The molecule has 0 aliphatic carbocycles. The van der Waals surface area contributed by atoms with Crippen molar-refractivity contribution in [2.24, 2.45) is 0 Å². The fourth-order valence-electron chi connectivity index (χ4n) is 4.37. The van der Waals surface area contributed by atoms with E-state index in [9.17, 15) is 14.9 Å². The number of unbranched alkanes of at least 4 members (excludes halogenated alkanes) is 1. The number of non-ortho nitro benzene ring substituents is 1. The van der Waals surface area contributed by atoms with Crippen LogP contribution in [-0.2, 0) is 11.3 Å². The molecule has 0 aliphatic heterocycles. The van der Waals surface area contributed by atoms with Gasteiger partial charge in [-0.25, -0.2) is 0 Å². The van der Waals surface area contributed by atoms with Gasteiger partial charge in [0.05, 0.1) is 4.92 Å². The zero-order valence-corrected chi connectivity index (χ0v) is 19.3.